The fourth-order valence-electron chi connectivity index (χ4n) is 4.30. The number of rotatable bonds is 4. The maximum Gasteiger partial charge on any atom is 0.146 e. The summed E-state index contributed by atoms with van der Waals surface area (Å²) in [7, 11) is 0. The lowest BCUT2D eigenvalue weighted by molar-refractivity contribution is 0.181. The normalized spacial score (nSPS) is 17.3. The molecule has 1 fully saturated rings. The third kappa shape index (κ3) is 2.47. The van der Waals surface area contributed by atoms with Crippen LogP contribution in [0.15, 0.2) is 10.9 Å². The van der Waals surface area contributed by atoms with Crippen LogP contribution in [0.4, 0.5) is 5.82 Å². The summed E-state index contributed by atoms with van der Waals surface area (Å²) in [5, 5.41) is 14.9. The lowest BCUT2D eigenvalue weighted by Crippen LogP contribution is -2.27. The largest absolute Gasteiger partial charge is 0.395 e. The number of anilines is 1. The summed E-state index contributed by atoms with van der Waals surface area (Å²) >= 11 is 0. The molecule has 3 N–H and O–H groups in total. The van der Waals surface area contributed by atoms with Crippen LogP contribution in [0.5, 0.6) is 0 Å². The van der Waals surface area contributed by atoms with Gasteiger partial charge in [-0.15, -0.1) is 0 Å². The average Bonchev–Trinajstić information content (AvgIpc) is 3.33. The highest BCUT2D eigenvalue weighted by atomic mass is 16.5. The first-order chi connectivity index (χ1) is 13.1. The molecule has 1 aliphatic carbocycles. The van der Waals surface area contributed by atoms with Gasteiger partial charge in [0.2, 0.25) is 0 Å². The van der Waals surface area contributed by atoms with Crippen molar-refractivity contribution in [3.63, 3.8) is 0 Å². The fraction of sp³-hybridized carbons (Fsp3) is 0.526. The van der Waals surface area contributed by atoms with Crippen LogP contribution in [0.1, 0.15) is 55.7 Å². The molecule has 3 aromatic rings. The highest BCUT2D eigenvalue weighted by Crippen LogP contribution is 2.48. The number of aliphatic hydroxyl groups excluding tert-OH is 1. The first kappa shape index (κ1) is 16.7. The number of aliphatic hydroxyl groups is 1. The Morgan fingerprint density at radius 1 is 1.30 bits per heavy atom. The second kappa shape index (κ2) is 6.03. The summed E-state index contributed by atoms with van der Waals surface area (Å²) in [4.78, 5) is 11.0. The lowest BCUT2D eigenvalue weighted by atomic mass is 10.0. The predicted octanol–water partition coefficient (Wildman–Crippen LogP) is 2.43. The van der Waals surface area contributed by atoms with Crippen molar-refractivity contribution in [2.24, 2.45) is 0 Å². The minimum absolute atomic E-state index is 0.110. The van der Waals surface area contributed by atoms with Gasteiger partial charge in [-0.1, -0.05) is 5.16 Å². The van der Waals surface area contributed by atoms with Crippen molar-refractivity contribution in [3.05, 3.63) is 23.3 Å². The Labute approximate surface area is 157 Å². The number of hydrogen-bond donors (Lipinski definition) is 2. The lowest BCUT2D eigenvalue weighted by Gasteiger charge is -2.22. The molecule has 5 rings (SSSR count). The Balaban J connectivity index is 1.85. The number of nitrogen functional groups attached to an aromatic ring is 1. The standard InChI is InChI=1S/C19H24N6O2/c1-10(2)25-13-8-24(5-6-26)7-12-16(23-27-17(12)11-3-4-11)14(13)15-18(20)21-9-22-19(15)25/h9-11,26H,3-8H2,1-2H3,(H2,20,21,22). The van der Waals surface area contributed by atoms with E-state index in [-0.39, 0.29) is 12.6 Å². The first-order valence-corrected chi connectivity index (χ1v) is 9.55. The maximum atomic E-state index is 9.58. The summed E-state index contributed by atoms with van der Waals surface area (Å²) in [5.74, 6) is 1.92. The van der Waals surface area contributed by atoms with E-state index in [1.807, 2.05) is 0 Å². The Morgan fingerprint density at radius 3 is 2.81 bits per heavy atom. The Morgan fingerprint density at radius 2 is 2.11 bits per heavy atom. The van der Waals surface area contributed by atoms with Crippen molar-refractivity contribution < 1.29 is 9.63 Å². The molecular formula is C19H24N6O2. The monoisotopic (exact) mass is 368 g/mol. The molecule has 0 bridgehead atoms. The zero-order chi connectivity index (χ0) is 18.7. The van der Waals surface area contributed by atoms with Crippen molar-refractivity contribution in [1.82, 2.24) is 24.6 Å². The Bertz CT molecular complexity index is 1020. The maximum absolute atomic E-state index is 9.58. The van der Waals surface area contributed by atoms with Crippen LogP contribution in [0.25, 0.3) is 22.3 Å². The summed E-state index contributed by atoms with van der Waals surface area (Å²) in [6.45, 7) is 6.39. The van der Waals surface area contributed by atoms with E-state index in [0.29, 0.717) is 31.4 Å². The molecule has 3 aromatic heterocycles. The first-order valence-electron chi connectivity index (χ1n) is 9.55. The Kier molecular flexibility index (Phi) is 3.73. The number of hydrogen-bond acceptors (Lipinski definition) is 7. The van der Waals surface area contributed by atoms with Crippen molar-refractivity contribution in [2.75, 3.05) is 18.9 Å². The number of aromatic nitrogens is 4. The van der Waals surface area contributed by atoms with Crippen LogP contribution in [-0.2, 0) is 13.1 Å². The van der Waals surface area contributed by atoms with Gasteiger partial charge in [0.1, 0.15) is 29.2 Å². The van der Waals surface area contributed by atoms with Gasteiger partial charge in [-0.25, -0.2) is 9.97 Å². The van der Waals surface area contributed by atoms with E-state index in [2.05, 4.69) is 38.4 Å². The van der Waals surface area contributed by atoms with E-state index in [4.69, 9.17) is 10.3 Å². The molecule has 0 aromatic carbocycles. The van der Waals surface area contributed by atoms with Gasteiger partial charge in [0, 0.05) is 48.4 Å². The van der Waals surface area contributed by atoms with Gasteiger partial charge in [0.15, 0.2) is 0 Å². The topological polar surface area (TPSA) is 106 Å². The quantitative estimate of drug-likeness (QED) is 0.728. The van der Waals surface area contributed by atoms with Crippen molar-refractivity contribution >= 4 is 16.9 Å². The predicted molar refractivity (Wildman–Crippen MR) is 101 cm³/mol. The van der Waals surface area contributed by atoms with Gasteiger partial charge in [0.05, 0.1) is 12.0 Å². The van der Waals surface area contributed by atoms with Crippen molar-refractivity contribution in [1.29, 1.82) is 0 Å². The zero-order valence-corrected chi connectivity index (χ0v) is 15.6. The molecule has 2 aliphatic rings. The van der Waals surface area contributed by atoms with Gasteiger partial charge in [-0.3, -0.25) is 4.90 Å². The molecule has 27 heavy (non-hydrogen) atoms. The molecule has 1 saturated carbocycles. The number of fused-ring (bicyclic) bond motifs is 5. The number of nitrogens with zero attached hydrogens (tertiary/aromatic N) is 5. The Hall–Kier alpha value is -2.45. The van der Waals surface area contributed by atoms with Crippen LogP contribution in [0, 0.1) is 0 Å². The van der Waals surface area contributed by atoms with E-state index in [1.54, 1.807) is 0 Å². The van der Waals surface area contributed by atoms with Crippen LogP contribution in [0.2, 0.25) is 0 Å². The molecule has 0 amide bonds. The van der Waals surface area contributed by atoms with Gasteiger partial charge in [-0.2, -0.15) is 0 Å². The molecular weight excluding hydrogens is 344 g/mol. The third-order valence-corrected chi connectivity index (χ3v) is 5.61. The van der Waals surface area contributed by atoms with Crippen molar-refractivity contribution in [2.45, 2.75) is 51.7 Å². The van der Waals surface area contributed by atoms with Crippen LogP contribution in [0.3, 0.4) is 0 Å². The zero-order valence-electron chi connectivity index (χ0n) is 15.6. The van der Waals surface area contributed by atoms with Crippen molar-refractivity contribution in [3.8, 4) is 11.3 Å². The number of β-amino-alcohol motifs (C(OH)–C–C–N with tert-alkyl or cyclic N) is 1. The van der Waals surface area contributed by atoms with Gasteiger partial charge >= 0.3 is 0 Å². The van der Waals surface area contributed by atoms with Gasteiger partial charge < -0.3 is 19.9 Å². The third-order valence-electron chi connectivity index (χ3n) is 5.61. The molecule has 142 valence electrons. The molecule has 0 radical (unpaired) electrons. The minimum Gasteiger partial charge on any atom is -0.395 e. The molecule has 0 unspecified atom stereocenters. The molecule has 0 spiro atoms. The fourth-order valence-corrected chi connectivity index (χ4v) is 4.30. The molecule has 4 heterocycles. The summed E-state index contributed by atoms with van der Waals surface area (Å²) < 4.78 is 8.02. The highest BCUT2D eigenvalue weighted by molar-refractivity contribution is 6.02. The molecule has 1 aliphatic heterocycles. The van der Waals surface area contributed by atoms with E-state index < -0.39 is 0 Å². The number of nitrogens with two attached hydrogens (primary N) is 1. The van der Waals surface area contributed by atoms with Gasteiger partial charge in [0.25, 0.3) is 0 Å². The average molecular weight is 368 g/mol. The van der Waals surface area contributed by atoms with E-state index in [1.165, 1.54) is 6.33 Å². The SMILES string of the molecule is CC(C)n1c2c(c3c(N)ncnc31)-c1noc(C3CC3)c1CN(CCO)C2. The minimum atomic E-state index is 0.110. The smallest absolute Gasteiger partial charge is 0.146 e. The van der Waals surface area contributed by atoms with Crippen LogP contribution in [-0.4, -0.2) is 42.8 Å². The van der Waals surface area contributed by atoms with Gasteiger partial charge in [-0.05, 0) is 26.7 Å². The van der Waals surface area contributed by atoms with Crippen LogP contribution >= 0.6 is 0 Å². The molecule has 8 nitrogen and oxygen atoms in total. The van der Waals surface area contributed by atoms with E-state index in [9.17, 15) is 5.11 Å². The second-order valence-corrected chi connectivity index (χ2v) is 7.83. The molecule has 8 heteroatoms. The van der Waals surface area contributed by atoms with Crippen LogP contribution < -0.4 is 5.73 Å². The highest BCUT2D eigenvalue weighted by Gasteiger charge is 2.37. The summed E-state index contributed by atoms with van der Waals surface area (Å²) in [6.07, 6.45) is 3.81. The van der Waals surface area contributed by atoms with E-state index >= 15 is 0 Å². The summed E-state index contributed by atoms with van der Waals surface area (Å²) in [5.41, 5.74) is 11.2. The molecule has 0 saturated heterocycles. The molecule has 0 atom stereocenters. The summed E-state index contributed by atoms with van der Waals surface area (Å²) in [6, 6.07) is 0.206. The van der Waals surface area contributed by atoms with E-state index in [0.717, 1.165) is 52.2 Å². The second-order valence-electron chi connectivity index (χ2n) is 7.83.